The van der Waals surface area contributed by atoms with E-state index in [9.17, 15) is 24.9 Å². The number of Topliss-reactive ketones (excluding diaryl/α,β-unsaturated/α-hetero) is 1. The van der Waals surface area contributed by atoms with Gasteiger partial charge in [0.15, 0.2) is 12.1 Å². The number of ketones is 1. The molecule has 0 radical (unpaired) electrons. The van der Waals surface area contributed by atoms with Crippen LogP contribution in [0.5, 0.6) is 0 Å². The molecular formula is C42H67N3O9. The molecule has 0 aliphatic carbocycles. The number of carbonyl (C=O) groups excluding carboxylic acids is 2. The van der Waals surface area contributed by atoms with Crippen LogP contribution in [0.15, 0.2) is 36.5 Å². The molecule has 12 heteroatoms. The number of aryl methyl sites for hydroxylation is 1. The van der Waals surface area contributed by atoms with E-state index in [2.05, 4.69) is 22.9 Å². The van der Waals surface area contributed by atoms with E-state index < -0.39 is 71.5 Å². The number of nitrogens with zero attached hydrogens (tertiary/aromatic N) is 3. The monoisotopic (exact) mass is 757 g/mol. The van der Waals surface area contributed by atoms with Gasteiger partial charge in [0.1, 0.15) is 29.8 Å². The van der Waals surface area contributed by atoms with Crippen LogP contribution in [0.2, 0.25) is 0 Å². The Morgan fingerprint density at radius 2 is 1.74 bits per heavy atom. The summed E-state index contributed by atoms with van der Waals surface area (Å²) >= 11 is 0. The van der Waals surface area contributed by atoms with E-state index in [1.807, 2.05) is 70.2 Å². The van der Waals surface area contributed by atoms with Crippen LogP contribution in [0, 0.1) is 17.8 Å². The molecule has 0 bridgehead atoms. The number of benzene rings is 1. The maximum atomic E-state index is 14.2. The van der Waals surface area contributed by atoms with Crippen LogP contribution < -0.4 is 0 Å². The average Bonchev–Trinajstić information content (AvgIpc) is 3.14. The van der Waals surface area contributed by atoms with Crippen molar-refractivity contribution >= 4 is 22.7 Å². The highest BCUT2D eigenvalue weighted by molar-refractivity contribution is 6.00. The topological polar surface area (TPSA) is 151 Å². The molecule has 2 fully saturated rings. The Morgan fingerprint density at radius 1 is 1.06 bits per heavy atom. The number of fused-ring (bicyclic) bond motifs is 1. The smallest absolute Gasteiger partial charge is 0.316 e. The highest BCUT2D eigenvalue weighted by Crippen LogP contribution is 2.37. The largest absolute Gasteiger partial charge is 0.459 e. The highest BCUT2D eigenvalue weighted by atomic mass is 16.7. The van der Waals surface area contributed by atoms with Crippen LogP contribution >= 0.6 is 0 Å². The summed E-state index contributed by atoms with van der Waals surface area (Å²) in [5, 5.41) is 36.3. The van der Waals surface area contributed by atoms with Gasteiger partial charge in [-0.3, -0.25) is 19.5 Å². The molecule has 0 spiro atoms. The summed E-state index contributed by atoms with van der Waals surface area (Å²) < 4.78 is 25.0. The van der Waals surface area contributed by atoms with Crippen molar-refractivity contribution in [3.05, 3.63) is 42.1 Å². The Morgan fingerprint density at radius 3 is 2.39 bits per heavy atom. The standard InChI is InChI=1S/C42H67N3O9/c1-12-34-42(8,50)37(48)29(6)45(21-15-16-30-19-20-43-32-18-14-13-17-31(30)32)24-25(2)23-41(7,51-11)38(27(4)35(46)28(5)39(49)53-34)54-40-36(47)33(44(9)10)22-26(3)52-40/h13-14,17-20,25-29,33-34,36-38,40,47-48,50H,12,15-16,21-24H2,1-11H3/t25-,26-,27+,28-,29-,33?,34-,36?,37?,38?,40?,41?,42?/m1/s1. The molecule has 3 heterocycles. The van der Waals surface area contributed by atoms with E-state index in [0.29, 0.717) is 25.9 Å². The second-order valence-electron chi connectivity index (χ2n) is 16.7. The van der Waals surface area contributed by atoms with E-state index in [4.69, 9.17) is 18.9 Å². The molecule has 12 nitrogen and oxygen atoms in total. The first-order valence-electron chi connectivity index (χ1n) is 19.8. The maximum Gasteiger partial charge on any atom is 0.316 e. The first-order chi connectivity index (χ1) is 25.4. The van der Waals surface area contributed by atoms with Gasteiger partial charge in [-0.25, -0.2) is 0 Å². The van der Waals surface area contributed by atoms with E-state index in [1.165, 1.54) is 19.4 Å². The third kappa shape index (κ3) is 9.87. The number of likely N-dealkylation sites (N-methyl/N-ethyl adjacent to an activating group) is 1. The quantitative estimate of drug-likeness (QED) is 0.246. The number of rotatable bonds is 9. The number of esters is 1. The number of hydrogen-bond acceptors (Lipinski definition) is 12. The Kier molecular flexibility index (Phi) is 15.2. The molecule has 13 atom stereocenters. The molecule has 54 heavy (non-hydrogen) atoms. The number of aromatic nitrogens is 1. The summed E-state index contributed by atoms with van der Waals surface area (Å²) in [6, 6.07) is 9.34. The molecule has 2 aliphatic heterocycles. The number of ether oxygens (including phenoxy) is 4. The number of pyridine rings is 1. The summed E-state index contributed by atoms with van der Waals surface area (Å²) in [5.41, 5.74) is -0.769. The van der Waals surface area contributed by atoms with E-state index in [1.54, 1.807) is 21.0 Å². The number of methoxy groups -OCH3 is 1. The lowest BCUT2D eigenvalue weighted by atomic mass is 9.78. The minimum absolute atomic E-state index is 0.0576. The van der Waals surface area contributed by atoms with Crippen molar-refractivity contribution in [1.82, 2.24) is 14.8 Å². The van der Waals surface area contributed by atoms with Crippen molar-refractivity contribution in [2.24, 2.45) is 17.8 Å². The van der Waals surface area contributed by atoms with E-state index in [-0.39, 0.29) is 24.5 Å². The molecule has 3 N–H and O–H groups in total. The number of aliphatic hydroxyl groups is 3. The summed E-state index contributed by atoms with van der Waals surface area (Å²) in [6.45, 7) is 15.4. The van der Waals surface area contributed by atoms with Crippen LogP contribution in [0.1, 0.15) is 86.6 Å². The molecule has 1 aromatic heterocycles. The summed E-state index contributed by atoms with van der Waals surface area (Å²) in [7, 11) is 5.39. The van der Waals surface area contributed by atoms with Gasteiger partial charge in [-0.2, -0.15) is 0 Å². The number of carbonyl (C=O) groups is 2. The van der Waals surface area contributed by atoms with Crippen molar-refractivity contribution in [2.45, 2.75) is 148 Å². The lowest BCUT2D eigenvalue weighted by molar-refractivity contribution is -0.295. The van der Waals surface area contributed by atoms with Crippen LogP contribution in [0.25, 0.3) is 10.9 Å². The van der Waals surface area contributed by atoms with Crippen molar-refractivity contribution in [2.75, 3.05) is 34.3 Å². The molecule has 2 saturated heterocycles. The molecule has 4 rings (SSSR count). The predicted molar refractivity (Wildman–Crippen MR) is 208 cm³/mol. The van der Waals surface area contributed by atoms with Gasteiger partial charge in [0.25, 0.3) is 0 Å². The fourth-order valence-corrected chi connectivity index (χ4v) is 8.77. The van der Waals surface area contributed by atoms with Crippen LogP contribution in [0.4, 0.5) is 0 Å². The number of cyclic esters (lactones) is 1. The fraction of sp³-hybridized carbons (Fsp3) is 0.738. The SMILES string of the molecule is CC[C@H]1OC(=O)[C@H](C)C(=O)[C@H](C)C(OC2O[C@H](C)CC(N(C)C)C2O)C(C)(OC)C[C@@H](C)CN(CCCc2ccnc3ccccc23)[C@H](C)C(O)C1(C)O. The Hall–Kier alpha value is -2.55. The molecule has 7 unspecified atom stereocenters. The van der Waals surface area contributed by atoms with Gasteiger partial charge in [0.2, 0.25) is 0 Å². The molecule has 2 aromatic rings. The van der Waals surface area contributed by atoms with Gasteiger partial charge in [0, 0.05) is 43.2 Å². The summed E-state index contributed by atoms with van der Waals surface area (Å²) in [4.78, 5) is 36.5. The zero-order valence-corrected chi connectivity index (χ0v) is 34.4. The molecule has 304 valence electrons. The Labute approximate surface area is 322 Å². The second-order valence-corrected chi connectivity index (χ2v) is 16.7. The normalized spacial score (nSPS) is 38.2. The van der Waals surface area contributed by atoms with Gasteiger partial charge in [-0.15, -0.1) is 0 Å². The van der Waals surface area contributed by atoms with Gasteiger partial charge >= 0.3 is 5.97 Å². The summed E-state index contributed by atoms with van der Waals surface area (Å²) in [5.74, 6) is -3.36. The average molecular weight is 758 g/mol. The predicted octanol–water partition coefficient (Wildman–Crippen LogP) is 4.39. The fourth-order valence-electron chi connectivity index (χ4n) is 8.77. The molecular weight excluding hydrogens is 690 g/mol. The molecule has 0 amide bonds. The zero-order chi connectivity index (χ0) is 40.1. The van der Waals surface area contributed by atoms with Gasteiger partial charge in [-0.1, -0.05) is 39.0 Å². The number of hydrogen-bond donors (Lipinski definition) is 3. The van der Waals surface area contributed by atoms with Crippen molar-refractivity contribution in [1.29, 1.82) is 0 Å². The van der Waals surface area contributed by atoms with Crippen molar-refractivity contribution in [3.63, 3.8) is 0 Å². The Balaban J connectivity index is 1.72. The van der Waals surface area contributed by atoms with E-state index >= 15 is 0 Å². The number of aliphatic hydroxyl groups excluding tert-OH is 2. The first kappa shape index (κ1) is 44.2. The molecule has 1 aromatic carbocycles. The highest BCUT2D eigenvalue weighted by Gasteiger charge is 2.50. The van der Waals surface area contributed by atoms with Crippen LogP contribution in [-0.4, -0.2) is 136 Å². The van der Waals surface area contributed by atoms with Crippen molar-refractivity contribution in [3.8, 4) is 0 Å². The summed E-state index contributed by atoms with van der Waals surface area (Å²) in [6.07, 6.45) is -0.922. The Bertz CT molecular complexity index is 1530. The lowest BCUT2D eigenvalue weighted by Gasteiger charge is -2.47. The lowest BCUT2D eigenvalue weighted by Crippen LogP contribution is -2.59. The minimum atomic E-state index is -1.82. The van der Waals surface area contributed by atoms with Crippen molar-refractivity contribution < 1.29 is 43.9 Å². The third-order valence-corrected chi connectivity index (χ3v) is 12.2. The molecule has 0 saturated carbocycles. The minimum Gasteiger partial charge on any atom is -0.459 e. The third-order valence-electron chi connectivity index (χ3n) is 12.2. The zero-order valence-electron chi connectivity index (χ0n) is 34.4. The van der Waals surface area contributed by atoms with Crippen LogP contribution in [-0.2, 0) is 35.0 Å². The van der Waals surface area contributed by atoms with Crippen LogP contribution in [0.3, 0.4) is 0 Å². The molecule has 2 aliphatic rings. The first-order valence-corrected chi connectivity index (χ1v) is 19.8. The van der Waals surface area contributed by atoms with Gasteiger partial charge in [-0.05, 0) is 111 Å². The van der Waals surface area contributed by atoms with Gasteiger partial charge in [0.05, 0.1) is 23.3 Å². The van der Waals surface area contributed by atoms with E-state index in [0.717, 1.165) is 23.7 Å². The van der Waals surface area contributed by atoms with Gasteiger partial charge < -0.3 is 39.2 Å². The second kappa shape index (κ2) is 18.6. The number of para-hydroxylation sites is 1. The maximum absolute atomic E-state index is 14.2.